The van der Waals surface area contributed by atoms with E-state index in [0.717, 1.165) is 18.4 Å². The Morgan fingerprint density at radius 2 is 1.45 bits per heavy atom. The van der Waals surface area contributed by atoms with Gasteiger partial charge in [0.05, 0.1) is 11.6 Å². The lowest BCUT2D eigenvalue weighted by Gasteiger charge is -2.39. The van der Waals surface area contributed by atoms with Crippen LogP contribution in [0.3, 0.4) is 0 Å². The van der Waals surface area contributed by atoms with Crippen LogP contribution in [0.25, 0.3) is 0 Å². The minimum Gasteiger partial charge on any atom is -0.192 e. The first-order valence-corrected chi connectivity index (χ1v) is 7.42. The first-order valence-electron chi connectivity index (χ1n) is 7.42. The van der Waals surface area contributed by atoms with E-state index in [4.69, 9.17) is 0 Å². The summed E-state index contributed by atoms with van der Waals surface area (Å²) in [6.07, 6.45) is 6.10. The van der Waals surface area contributed by atoms with Crippen molar-refractivity contribution in [3.05, 3.63) is 71.3 Å². The molecule has 2 aromatic carbocycles. The first kappa shape index (κ1) is 12.9. The van der Waals surface area contributed by atoms with Crippen LogP contribution in [0.1, 0.15) is 48.8 Å². The van der Waals surface area contributed by atoms with Gasteiger partial charge in [-0.2, -0.15) is 5.26 Å². The number of nitrogens with zero attached hydrogens (tertiary/aromatic N) is 1. The zero-order chi connectivity index (χ0) is 13.8. The number of benzene rings is 2. The predicted octanol–water partition coefficient (Wildman–Crippen LogP) is 4.81. The van der Waals surface area contributed by atoms with E-state index in [1.54, 1.807) is 0 Å². The molecule has 20 heavy (non-hydrogen) atoms. The molecule has 0 amide bonds. The maximum Gasteiger partial charge on any atom is 0.0994 e. The van der Waals surface area contributed by atoms with Crippen LogP contribution in [0.2, 0.25) is 0 Å². The molecular weight excluding hydrogens is 242 g/mol. The highest BCUT2D eigenvalue weighted by atomic mass is 14.4. The van der Waals surface area contributed by atoms with Crippen molar-refractivity contribution in [2.45, 2.75) is 37.5 Å². The minimum absolute atomic E-state index is 0.0336. The number of hydrogen-bond donors (Lipinski definition) is 0. The molecule has 0 radical (unpaired) electrons. The topological polar surface area (TPSA) is 23.8 Å². The van der Waals surface area contributed by atoms with Crippen molar-refractivity contribution in [1.82, 2.24) is 0 Å². The molecule has 3 rings (SSSR count). The molecule has 0 aliphatic heterocycles. The SMILES string of the molecule is N#Cc1ccccc1C1(c2ccccc2)CCCCC1. The van der Waals surface area contributed by atoms with Gasteiger partial charge in [0.15, 0.2) is 0 Å². The van der Waals surface area contributed by atoms with Gasteiger partial charge < -0.3 is 0 Å². The van der Waals surface area contributed by atoms with Gasteiger partial charge in [-0.1, -0.05) is 67.8 Å². The summed E-state index contributed by atoms with van der Waals surface area (Å²) in [7, 11) is 0. The molecule has 1 nitrogen and oxygen atoms in total. The maximum absolute atomic E-state index is 9.46. The first-order chi connectivity index (χ1) is 9.87. The average molecular weight is 261 g/mol. The van der Waals surface area contributed by atoms with Crippen LogP contribution in [-0.2, 0) is 5.41 Å². The van der Waals surface area contributed by atoms with Crippen molar-refractivity contribution in [3.8, 4) is 6.07 Å². The molecule has 0 bridgehead atoms. The van der Waals surface area contributed by atoms with Gasteiger partial charge in [-0.3, -0.25) is 0 Å². The van der Waals surface area contributed by atoms with Crippen LogP contribution in [0.4, 0.5) is 0 Å². The molecular formula is C19H19N. The summed E-state index contributed by atoms with van der Waals surface area (Å²) in [5.74, 6) is 0. The van der Waals surface area contributed by atoms with Crippen molar-refractivity contribution in [1.29, 1.82) is 5.26 Å². The lowest BCUT2D eigenvalue weighted by atomic mass is 9.64. The second-order valence-corrected chi connectivity index (χ2v) is 5.67. The Balaban J connectivity index is 2.18. The van der Waals surface area contributed by atoms with E-state index in [2.05, 4.69) is 48.5 Å². The highest BCUT2D eigenvalue weighted by molar-refractivity contribution is 5.48. The summed E-state index contributed by atoms with van der Waals surface area (Å²) in [5.41, 5.74) is 3.44. The molecule has 1 heteroatoms. The smallest absolute Gasteiger partial charge is 0.0994 e. The maximum atomic E-state index is 9.46. The van der Waals surface area contributed by atoms with Crippen LogP contribution >= 0.6 is 0 Å². The van der Waals surface area contributed by atoms with Gasteiger partial charge in [0, 0.05) is 5.41 Å². The molecule has 100 valence electrons. The Bertz CT molecular complexity index is 616. The van der Waals surface area contributed by atoms with Gasteiger partial charge in [-0.15, -0.1) is 0 Å². The molecule has 0 atom stereocenters. The molecule has 0 unspecified atom stereocenters. The Hall–Kier alpha value is -2.07. The van der Waals surface area contributed by atoms with E-state index in [-0.39, 0.29) is 5.41 Å². The fraction of sp³-hybridized carbons (Fsp3) is 0.316. The summed E-state index contributed by atoms with van der Waals surface area (Å²) in [4.78, 5) is 0. The number of rotatable bonds is 2. The number of hydrogen-bond acceptors (Lipinski definition) is 1. The summed E-state index contributed by atoms with van der Waals surface area (Å²) >= 11 is 0. The Kier molecular flexibility index (Phi) is 3.56. The quantitative estimate of drug-likeness (QED) is 0.761. The normalized spacial score (nSPS) is 17.4. The van der Waals surface area contributed by atoms with Crippen LogP contribution in [0.5, 0.6) is 0 Å². The van der Waals surface area contributed by atoms with Gasteiger partial charge in [0.25, 0.3) is 0 Å². The second kappa shape index (κ2) is 5.51. The van der Waals surface area contributed by atoms with Gasteiger partial charge in [-0.25, -0.2) is 0 Å². The third kappa shape index (κ3) is 2.12. The van der Waals surface area contributed by atoms with Gasteiger partial charge in [-0.05, 0) is 30.0 Å². The second-order valence-electron chi connectivity index (χ2n) is 5.67. The summed E-state index contributed by atoms with van der Waals surface area (Å²) in [6, 6.07) is 21.2. The molecule has 0 saturated heterocycles. The van der Waals surface area contributed by atoms with E-state index in [1.807, 2.05) is 12.1 Å². The monoisotopic (exact) mass is 261 g/mol. The van der Waals surface area contributed by atoms with Crippen molar-refractivity contribution in [2.75, 3.05) is 0 Å². The predicted molar refractivity (Wildman–Crippen MR) is 81.5 cm³/mol. The third-order valence-corrected chi connectivity index (χ3v) is 4.60. The Labute approximate surface area is 120 Å². The molecule has 0 heterocycles. The standard InChI is InChI=1S/C19H19N/c20-15-16-9-5-6-12-18(16)19(13-7-2-8-14-19)17-10-3-1-4-11-17/h1,3-6,9-12H,2,7-8,13-14H2. The molecule has 0 aromatic heterocycles. The van der Waals surface area contributed by atoms with Crippen LogP contribution in [0.15, 0.2) is 54.6 Å². The van der Waals surface area contributed by atoms with Crippen molar-refractivity contribution in [3.63, 3.8) is 0 Å². The molecule has 1 aliphatic carbocycles. The third-order valence-electron chi connectivity index (χ3n) is 4.60. The lowest BCUT2D eigenvalue weighted by molar-refractivity contribution is 0.345. The van der Waals surface area contributed by atoms with E-state index < -0.39 is 0 Å². The van der Waals surface area contributed by atoms with Gasteiger partial charge >= 0.3 is 0 Å². The highest BCUT2D eigenvalue weighted by Crippen LogP contribution is 2.45. The summed E-state index contributed by atoms with van der Waals surface area (Å²) < 4.78 is 0. The molecule has 1 aliphatic rings. The molecule has 0 N–H and O–H groups in total. The van der Waals surface area contributed by atoms with E-state index >= 15 is 0 Å². The van der Waals surface area contributed by atoms with Crippen molar-refractivity contribution < 1.29 is 0 Å². The molecule has 2 aromatic rings. The lowest BCUT2D eigenvalue weighted by Crippen LogP contribution is -2.31. The van der Waals surface area contributed by atoms with Crippen molar-refractivity contribution >= 4 is 0 Å². The zero-order valence-corrected chi connectivity index (χ0v) is 11.7. The van der Waals surface area contributed by atoms with Gasteiger partial charge in [0.1, 0.15) is 0 Å². The van der Waals surface area contributed by atoms with Crippen LogP contribution in [0, 0.1) is 11.3 Å². The summed E-state index contributed by atoms with van der Waals surface area (Å²) in [6.45, 7) is 0. The Morgan fingerprint density at radius 3 is 2.15 bits per heavy atom. The van der Waals surface area contributed by atoms with E-state index in [1.165, 1.54) is 30.4 Å². The highest BCUT2D eigenvalue weighted by Gasteiger charge is 2.36. The fourth-order valence-corrected chi connectivity index (χ4v) is 3.62. The average Bonchev–Trinajstić information content (AvgIpc) is 2.56. The van der Waals surface area contributed by atoms with Crippen LogP contribution in [-0.4, -0.2) is 0 Å². The fourth-order valence-electron chi connectivity index (χ4n) is 3.62. The van der Waals surface area contributed by atoms with Crippen LogP contribution < -0.4 is 0 Å². The number of nitriles is 1. The summed E-state index contributed by atoms with van der Waals surface area (Å²) in [5, 5.41) is 9.46. The van der Waals surface area contributed by atoms with E-state index in [0.29, 0.717) is 0 Å². The zero-order valence-electron chi connectivity index (χ0n) is 11.7. The van der Waals surface area contributed by atoms with Crippen molar-refractivity contribution in [2.24, 2.45) is 0 Å². The largest absolute Gasteiger partial charge is 0.192 e. The minimum atomic E-state index is 0.0336. The molecule has 1 fully saturated rings. The Morgan fingerprint density at radius 1 is 0.800 bits per heavy atom. The molecule has 1 saturated carbocycles. The van der Waals surface area contributed by atoms with E-state index in [9.17, 15) is 5.26 Å². The molecule has 0 spiro atoms. The van der Waals surface area contributed by atoms with Gasteiger partial charge in [0.2, 0.25) is 0 Å².